The highest BCUT2D eigenvalue weighted by Gasteiger charge is 2.10. The summed E-state index contributed by atoms with van der Waals surface area (Å²) in [6.07, 6.45) is 1.34. The standard InChI is InChI=1S/C25H19N3O5/c29-25(17-32-24-12-5-4-11-22(24)18-7-2-1-3-8-18)27-26-16-21-13-14-23(33-21)19-9-6-10-20(15-19)28(30)31/h1-16H,17H2,(H,27,29). The molecule has 0 atom stereocenters. The molecule has 8 heteroatoms. The summed E-state index contributed by atoms with van der Waals surface area (Å²) >= 11 is 0. The number of nitro groups is 1. The molecular formula is C25H19N3O5. The van der Waals surface area contributed by atoms with E-state index in [1.54, 1.807) is 30.3 Å². The zero-order chi connectivity index (χ0) is 23.0. The summed E-state index contributed by atoms with van der Waals surface area (Å²) in [5.74, 6) is 0.995. The predicted molar refractivity (Wildman–Crippen MR) is 124 cm³/mol. The number of nitro benzene ring substituents is 1. The molecule has 8 nitrogen and oxygen atoms in total. The molecule has 0 aliphatic heterocycles. The van der Waals surface area contributed by atoms with Gasteiger partial charge in [0.2, 0.25) is 0 Å². The Labute approximate surface area is 189 Å². The largest absolute Gasteiger partial charge is 0.483 e. The number of amides is 1. The highest BCUT2D eigenvalue weighted by atomic mass is 16.6. The molecule has 0 spiro atoms. The van der Waals surface area contributed by atoms with Gasteiger partial charge >= 0.3 is 0 Å². The van der Waals surface area contributed by atoms with E-state index in [0.29, 0.717) is 22.8 Å². The van der Waals surface area contributed by atoms with E-state index in [-0.39, 0.29) is 12.3 Å². The summed E-state index contributed by atoms with van der Waals surface area (Å²) in [6, 6.07) is 26.7. The highest BCUT2D eigenvalue weighted by Crippen LogP contribution is 2.29. The summed E-state index contributed by atoms with van der Waals surface area (Å²) in [5, 5.41) is 14.8. The van der Waals surface area contributed by atoms with Crippen molar-refractivity contribution in [3.05, 3.63) is 107 Å². The minimum absolute atomic E-state index is 0.0276. The first-order chi connectivity index (χ1) is 16.1. The molecule has 0 radical (unpaired) electrons. The average Bonchev–Trinajstić information content (AvgIpc) is 3.32. The Hall–Kier alpha value is -4.72. The Balaban J connectivity index is 1.34. The van der Waals surface area contributed by atoms with Crippen LogP contribution >= 0.6 is 0 Å². The second-order valence-corrected chi connectivity index (χ2v) is 6.95. The number of hydrogen-bond acceptors (Lipinski definition) is 6. The van der Waals surface area contributed by atoms with Crippen LogP contribution < -0.4 is 10.2 Å². The number of nitrogens with zero attached hydrogens (tertiary/aromatic N) is 2. The number of rotatable bonds is 8. The number of ether oxygens (including phenoxy) is 1. The second kappa shape index (κ2) is 10.1. The summed E-state index contributed by atoms with van der Waals surface area (Å²) in [4.78, 5) is 22.6. The molecule has 0 saturated carbocycles. The number of benzene rings is 3. The molecule has 1 heterocycles. The van der Waals surface area contributed by atoms with E-state index in [9.17, 15) is 14.9 Å². The summed E-state index contributed by atoms with van der Waals surface area (Å²) < 4.78 is 11.3. The third-order valence-electron chi connectivity index (χ3n) is 4.68. The molecule has 0 fully saturated rings. The van der Waals surface area contributed by atoms with E-state index in [0.717, 1.165) is 11.1 Å². The minimum Gasteiger partial charge on any atom is -0.483 e. The lowest BCUT2D eigenvalue weighted by Gasteiger charge is -2.10. The number of carbonyl (C=O) groups is 1. The van der Waals surface area contributed by atoms with E-state index < -0.39 is 10.8 Å². The van der Waals surface area contributed by atoms with Gasteiger partial charge in [-0.2, -0.15) is 5.10 Å². The molecular weight excluding hydrogens is 422 g/mol. The number of hydrazone groups is 1. The van der Waals surface area contributed by atoms with Crippen LogP contribution in [-0.2, 0) is 4.79 Å². The van der Waals surface area contributed by atoms with E-state index >= 15 is 0 Å². The molecule has 4 rings (SSSR count). The maximum Gasteiger partial charge on any atom is 0.277 e. The van der Waals surface area contributed by atoms with Crippen molar-refractivity contribution in [2.45, 2.75) is 0 Å². The summed E-state index contributed by atoms with van der Waals surface area (Å²) in [5.41, 5.74) is 4.81. The van der Waals surface area contributed by atoms with Crippen molar-refractivity contribution in [3.63, 3.8) is 0 Å². The fourth-order valence-electron chi connectivity index (χ4n) is 3.14. The van der Waals surface area contributed by atoms with E-state index in [2.05, 4.69) is 10.5 Å². The highest BCUT2D eigenvalue weighted by molar-refractivity contribution is 5.82. The van der Waals surface area contributed by atoms with Gasteiger partial charge in [0, 0.05) is 23.3 Å². The second-order valence-electron chi connectivity index (χ2n) is 6.95. The zero-order valence-corrected chi connectivity index (χ0v) is 17.4. The monoisotopic (exact) mass is 441 g/mol. The molecule has 33 heavy (non-hydrogen) atoms. The number of para-hydroxylation sites is 1. The van der Waals surface area contributed by atoms with Crippen molar-refractivity contribution >= 4 is 17.8 Å². The molecule has 1 amide bonds. The smallest absolute Gasteiger partial charge is 0.277 e. The van der Waals surface area contributed by atoms with E-state index in [1.807, 2.05) is 48.5 Å². The van der Waals surface area contributed by atoms with Gasteiger partial charge in [-0.25, -0.2) is 5.43 Å². The molecule has 164 valence electrons. The Morgan fingerprint density at radius 3 is 2.55 bits per heavy atom. The van der Waals surface area contributed by atoms with Gasteiger partial charge in [0.1, 0.15) is 17.3 Å². The predicted octanol–water partition coefficient (Wildman–Crippen LogP) is 5.05. The van der Waals surface area contributed by atoms with Gasteiger partial charge in [0.25, 0.3) is 11.6 Å². The molecule has 4 aromatic rings. The average molecular weight is 441 g/mol. The molecule has 0 saturated heterocycles. The third kappa shape index (κ3) is 5.50. The van der Waals surface area contributed by atoms with Crippen LogP contribution in [0.3, 0.4) is 0 Å². The van der Waals surface area contributed by atoms with Crippen molar-refractivity contribution in [1.29, 1.82) is 0 Å². The molecule has 1 N–H and O–H groups in total. The minimum atomic E-state index is -0.468. The third-order valence-corrected chi connectivity index (χ3v) is 4.68. The van der Waals surface area contributed by atoms with Crippen molar-refractivity contribution in [2.75, 3.05) is 6.61 Å². The van der Waals surface area contributed by atoms with Crippen LogP contribution in [0.1, 0.15) is 5.76 Å². The van der Waals surface area contributed by atoms with E-state index in [1.165, 1.54) is 18.3 Å². The van der Waals surface area contributed by atoms with Crippen LogP contribution in [0.5, 0.6) is 5.75 Å². The van der Waals surface area contributed by atoms with Crippen molar-refractivity contribution in [1.82, 2.24) is 5.43 Å². The van der Waals surface area contributed by atoms with Crippen LogP contribution in [0.4, 0.5) is 5.69 Å². The lowest BCUT2D eigenvalue weighted by atomic mass is 10.1. The van der Waals surface area contributed by atoms with Gasteiger partial charge in [-0.1, -0.05) is 60.7 Å². The first-order valence-corrected chi connectivity index (χ1v) is 10.0. The van der Waals surface area contributed by atoms with E-state index in [4.69, 9.17) is 9.15 Å². The SMILES string of the molecule is O=C(COc1ccccc1-c1ccccc1)NN=Cc1ccc(-c2cccc([N+](=O)[O-])c2)o1. The Bertz CT molecular complexity index is 1300. The lowest BCUT2D eigenvalue weighted by molar-refractivity contribution is -0.384. The van der Waals surface area contributed by atoms with Crippen molar-refractivity contribution in [3.8, 4) is 28.2 Å². The molecule has 0 bridgehead atoms. The maximum atomic E-state index is 12.1. The maximum absolute atomic E-state index is 12.1. The topological polar surface area (TPSA) is 107 Å². The number of carbonyl (C=O) groups excluding carboxylic acids is 1. The fourth-order valence-corrected chi connectivity index (χ4v) is 3.14. The first kappa shape index (κ1) is 21.5. The number of hydrogen-bond donors (Lipinski definition) is 1. The Morgan fingerprint density at radius 2 is 1.73 bits per heavy atom. The molecule has 0 unspecified atom stereocenters. The van der Waals surface area contributed by atoms with Gasteiger partial charge < -0.3 is 9.15 Å². The zero-order valence-electron chi connectivity index (χ0n) is 17.4. The van der Waals surface area contributed by atoms with Crippen LogP contribution in [0.15, 0.2) is 101 Å². The molecule has 0 aliphatic rings. The molecule has 0 aliphatic carbocycles. The number of nitrogens with one attached hydrogen (secondary N) is 1. The first-order valence-electron chi connectivity index (χ1n) is 10.0. The quantitative estimate of drug-likeness (QED) is 0.234. The fraction of sp³-hybridized carbons (Fsp3) is 0.0400. The van der Waals surface area contributed by atoms with Crippen molar-refractivity contribution in [2.24, 2.45) is 5.10 Å². The van der Waals surface area contributed by atoms with Gasteiger partial charge in [0.15, 0.2) is 6.61 Å². The van der Waals surface area contributed by atoms with Crippen LogP contribution in [0.25, 0.3) is 22.5 Å². The normalized spacial score (nSPS) is 10.8. The lowest BCUT2D eigenvalue weighted by Crippen LogP contribution is -2.24. The van der Waals surface area contributed by atoms with Gasteiger partial charge in [0.05, 0.1) is 11.1 Å². The number of non-ortho nitro benzene ring substituents is 1. The van der Waals surface area contributed by atoms with Crippen LogP contribution in [0.2, 0.25) is 0 Å². The van der Waals surface area contributed by atoms with Gasteiger partial charge in [-0.05, 0) is 23.8 Å². The van der Waals surface area contributed by atoms with Crippen LogP contribution in [-0.4, -0.2) is 23.7 Å². The molecule has 3 aromatic carbocycles. The molecule has 1 aromatic heterocycles. The summed E-state index contributed by atoms with van der Waals surface area (Å²) in [6.45, 7) is -0.210. The van der Waals surface area contributed by atoms with Crippen molar-refractivity contribution < 1.29 is 18.9 Å². The Kier molecular flexibility index (Phi) is 6.56. The number of furan rings is 1. The van der Waals surface area contributed by atoms with Gasteiger partial charge in [-0.15, -0.1) is 0 Å². The Morgan fingerprint density at radius 1 is 0.970 bits per heavy atom. The van der Waals surface area contributed by atoms with Gasteiger partial charge in [-0.3, -0.25) is 14.9 Å². The van der Waals surface area contributed by atoms with Crippen LogP contribution in [0, 0.1) is 10.1 Å². The summed E-state index contributed by atoms with van der Waals surface area (Å²) in [7, 11) is 0.